The summed E-state index contributed by atoms with van der Waals surface area (Å²) in [6.07, 6.45) is 2.39. The number of piperazine rings is 1. The molecule has 168 valence electrons. The second-order valence-electron chi connectivity index (χ2n) is 7.94. The Balaban J connectivity index is 1.50. The van der Waals surface area contributed by atoms with Crippen molar-refractivity contribution in [3.8, 4) is 11.5 Å². The predicted molar refractivity (Wildman–Crippen MR) is 121 cm³/mol. The number of aromatic hydroxyl groups is 1. The Morgan fingerprint density at radius 3 is 2.47 bits per heavy atom. The Bertz CT molecular complexity index is 1040. The molecule has 1 fully saturated rings. The Kier molecular flexibility index (Phi) is 6.46. The van der Waals surface area contributed by atoms with Gasteiger partial charge in [0.1, 0.15) is 11.5 Å². The lowest BCUT2D eigenvalue weighted by atomic mass is 10.0. The van der Waals surface area contributed by atoms with Crippen molar-refractivity contribution in [1.82, 2.24) is 9.80 Å². The van der Waals surface area contributed by atoms with Crippen LogP contribution in [0.4, 0.5) is 4.79 Å². The summed E-state index contributed by atoms with van der Waals surface area (Å²) in [7, 11) is 0. The van der Waals surface area contributed by atoms with Gasteiger partial charge in [0, 0.05) is 32.7 Å². The van der Waals surface area contributed by atoms with Gasteiger partial charge in [-0.1, -0.05) is 31.2 Å². The van der Waals surface area contributed by atoms with Gasteiger partial charge in [-0.3, -0.25) is 9.69 Å². The van der Waals surface area contributed by atoms with E-state index in [0.717, 1.165) is 12.0 Å². The molecule has 0 saturated carbocycles. The number of nitrogens with zero attached hydrogens (tertiary/aromatic N) is 2. The first-order valence-corrected chi connectivity index (χ1v) is 11.0. The van der Waals surface area contributed by atoms with Crippen LogP contribution in [-0.4, -0.2) is 59.6 Å². The minimum absolute atomic E-state index is 0.0953. The van der Waals surface area contributed by atoms with Crippen LogP contribution >= 0.6 is 0 Å². The third-order valence-corrected chi connectivity index (χ3v) is 5.88. The van der Waals surface area contributed by atoms with Crippen LogP contribution in [0.3, 0.4) is 0 Å². The number of aryl methyl sites for hydroxylation is 1. The van der Waals surface area contributed by atoms with Crippen molar-refractivity contribution in [3.63, 3.8) is 0 Å². The number of hydrogen-bond acceptors (Lipinski definition) is 6. The summed E-state index contributed by atoms with van der Waals surface area (Å²) in [6, 6.07) is 11.2. The summed E-state index contributed by atoms with van der Waals surface area (Å²) in [5, 5.41) is 10.5. The van der Waals surface area contributed by atoms with Crippen molar-refractivity contribution >= 4 is 18.0 Å². The Morgan fingerprint density at radius 1 is 1.09 bits per heavy atom. The number of ether oxygens (including phenoxy) is 2. The van der Waals surface area contributed by atoms with Crippen molar-refractivity contribution in [1.29, 1.82) is 0 Å². The molecule has 0 atom stereocenters. The van der Waals surface area contributed by atoms with Crippen LogP contribution in [0, 0.1) is 0 Å². The molecule has 2 aromatic carbocycles. The van der Waals surface area contributed by atoms with Gasteiger partial charge in [0.25, 0.3) is 0 Å². The van der Waals surface area contributed by atoms with Gasteiger partial charge in [0.15, 0.2) is 5.76 Å². The first kappa shape index (κ1) is 21.9. The van der Waals surface area contributed by atoms with E-state index in [-0.39, 0.29) is 23.4 Å². The van der Waals surface area contributed by atoms with E-state index in [1.807, 2.05) is 24.3 Å². The highest BCUT2D eigenvalue weighted by atomic mass is 16.6. The molecule has 4 rings (SSSR count). The maximum absolute atomic E-state index is 12.9. The fraction of sp³-hybridized carbons (Fsp3) is 0.360. The fourth-order valence-corrected chi connectivity index (χ4v) is 3.98. The van der Waals surface area contributed by atoms with Crippen molar-refractivity contribution in [3.05, 3.63) is 64.4 Å². The number of fused-ring (bicyclic) bond motifs is 1. The zero-order chi connectivity index (χ0) is 22.7. The molecule has 0 radical (unpaired) electrons. The molecule has 1 amide bonds. The monoisotopic (exact) mass is 436 g/mol. The number of hydrogen-bond donors (Lipinski definition) is 1. The predicted octanol–water partition coefficient (Wildman–Crippen LogP) is 3.84. The summed E-state index contributed by atoms with van der Waals surface area (Å²) in [5.74, 6) is 0.577. The third kappa shape index (κ3) is 4.48. The highest BCUT2D eigenvalue weighted by molar-refractivity contribution is 6.15. The average Bonchev–Trinajstić information content (AvgIpc) is 3.12. The first-order chi connectivity index (χ1) is 15.5. The molecule has 2 heterocycles. The molecule has 32 heavy (non-hydrogen) atoms. The van der Waals surface area contributed by atoms with E-state index in [2.05, 4.69) is 11.8 Å². The van der Waals surface area contributed by atoms with Gasteiger partial charge in [-0.05, 0) is 42.7 Å². The summed E-state index contributed by atoms with van der Waals surface area (Å²) < 4.78 is 11.0. The number of rotatable bonds is 5. The number of allylic oxidation sites excluding steroid dienone is 1. The number of carbonyl (C=O) groups is 2. The molecular formula is C25H28N2O5. The van der Waals surface area contributed by atoms with E-state index in [4.69, 9.17) is 9.47 Å². The summed E-state index contributed by atoms with van der Waals surface area (Å²) in [5.41, 5.74) is 3.16. The Labute approximate surface area is 187 Å². The lowest BCUT2D eigenvalue weighted by molar-refractivity contribution is 0.0774. The maximum atomic E-state index is 12.9. The number of phenols is 1. The van der Waals surface area contributed by atoms with E-state index in [9.17, 15) is 14.7 Å². The molecular weight excluding hydrogens is 408 g/mol. The van der Waals surface area contributed by atoms with Crippen LogP contribution < -0.4 is 4.74 Å². The topological polar surface area (TPSA) is 79.3 Å². The standard InChI is InChI=1S/C25H28N2O5/c1-3-17-5-7-18(8-6-17)15-22-23(29)19-9-10-21(28)20(24(19)32-22)16-26-11-13-27(14-12-26)25(30)31-4-2/h5-10,15,28H,3-4,11-14,16H2,1-2H3/b22-15-. The highest BCUT2D eigenvalue weighted by Crippen LogP contribution is 2.40. The van der Waals surface area contributed by atoms with Gasteiger partial charge in [-0.15, -0.1) is 0 Å². The molecule has 0 aromatic heterocycles. The minimum Gasteiger partial charge on any atom is -0.507 e. The molecule has 0 unspecified atom stereocenters. The van der Waals surface area contributed by atoms with Gasteiger partial charge in [0.2, 0.25) is 5.78 Å². The molecule has 2 aliphatic heterocycles. The molecule has 0 aliphatic carbocycles. The number of Topliss-reactive ketones (excluding diaryl/α,β-unsaturated/α-hetero) is 1. The third-order valence-electron chi connectivity index (χ3n) is 5.88. The SMILES string of the molecule is CCOC(=O)N1CCN(Cc2c(O)ccc3c2O/C(=C\c2ccc(CC)cc2)C3=O)CC1. The van der Waals surface area contributed by atoms with Gasteiger partial charge in [0.05, 0.1) is 17.7 Å². The fourth-order valence-electron chi connectivity index (χ4n) is 3.98. The van der Waals surface area contributed by atoms with Crippen molar-refractivity contribution in [2.75, 3.05) is 32.8 Å². The zero-order valence-corrected chi connectivity index (χ0v) is 18.5. The van der Waals surface area contributed by atoms with Crippen LogP contribution in [0.5, 0.6) is 11.5 Å². The molecule has 0 bridgehead atoms. The van der Waals surface area contributed by atoms with Crippen molar-refractivity contribution < 1.29 is 24.2 Å². The average molecular weight is 437 g/mol. The molecule has 2 aromatic rings. The first-order valence-electron chi connectivity index (χ1n) is 11.0. The second-order valence-corrected chi connectivity index (χ2v) is 7.94. The van der Waals surface area contributed by atoms with Crippen LogP contribution in [0.2, 0.25) is 0 Å². The quantitative estimate of drug-likeness (QED) is 0.718. The summed E-state index contributed by atoms with van der Waals surface area (Å²) in [4.78, 5) is 28.6. The lowest BCUT2D eigenvalue weighted by Crippen LogP contribution is -2.48. The minimum atomic E-state index is -0.300. The van der Waals surface area contributed by atoms with Gasteiger partial charge in [-0.25, -0.2) is 4.79 Å². The number of ketones is 1. The number of carbonyl (C=O) groups excluding carboxylic acids is 2. The van der Waals surface area contributed by atoms with Crippen molar-refractivity contribution in [2.45, 2.75) is 26.8 Å². The van der Waals surface area contributed by atoms with Gasteiger partial charge >= 0.3 is 6.09 Å². The van der Waals surface area contributed by atoms with Crippen molar-refractivity contribution in [2.24, 2.45) is 0 Å². The molecule has 1 N–H and O–H groups in total. The zero-order valence-electron chi connectivity index (χ0n) is 18.5. The van der Waals surface area contributed by atoms with Crippen LogP contribution in [-0.2, 0) is 17.7 Å². The molecule has 1 saturated heterocycles. The summed E-state index contributed by atoms with van der Waals surface area (Å²) >= 11 is 0. The number of amides is 1. The lowest BCUT2D eigenvalue weighted by Gasteiger charge is -2.34. The number of benzene rings is 2. The smallest absolute Gasteiger partial charge is 0.409 e. The van der Waals surface area contributed by atoms with Crippen LogP contribution in [0.15, 0.2) is 42.2 Å². The molecule has 0 spiro atoms. The normalized spacial score (nSPS) is 17.4. The molecule has 2 aliphatic rings. The number of phenolic OH excluding ortho intramolecular Hbond substituents is 1. The van der Waals surface area contributed by atoms with Crippen LogP contribution in [0.25, 0.3) is 6.08 Å². The van der Waals surface area contributed by atoms with E-state index in [1.54, 1.807) is 30.0 Å². The highest BCUT2D eigenvalue weighted by Gasteiger charge is 2.32. The Morgan fingerprint density at radius 2 is 1.81 bits per heavy atom. The van der Waals surface area contributed by atoms with E-state index >= 15 is 0 Å². The van der Waals surface area contributed by atoms with Crippen LogP contribution in [0.1, 0.15) is 40.9 Å². The van der Waals surface area contributed by atoms with E-state index < -0.39 is 0 Å². The van der Waals surface area contributed by atoms with Gasteiger partial charge < -0.3 is 19.5 Å². The second kappa shape index (κ2) is 9.44. The largest absolute Gasteiger partial charge is 0.507 e. The van der Waals surface area contributed by atoms with E-state index in [0.29, 0.717) is 56.2 Å². The molecule has 7 heteroatoms. The maximum Gasteiger partial charge on any atom is 0.409 e. The molecule has 7 nitrogen and oxygen atoms in total. The van der Waals surface area contributed by atoms with E-state index in [1.165, 1.54) is 5.56 Å². The van der Waals surface area contributed by atoms with Gasteiger partial charge in [-0.2, -0.15) is 0 Å². The Hall–Kier alpha value is -3.32. The summed E-state index contributed by atoms with van der Waals surface area (Å²) in [6.45, 7) is 7.05.